The number of carboxylic acid groups (broad SMARTS) is 1. The molecule has 1 fully saturated rings. The molecule has 1 heterocycles. The van der Waals surface area contributed by atoms with Crippen molar-refractivity contribution in [1.29, 1.82) is 0 Å². The van der Waals surface area contributed by atoms with Gasteiger partial charge < -0.3 is 19.9 Å². The van der Waals surface area contributed by atoms with Crippen molar-refractivity contribution in [2.24, 2.45) is 0 Å². The maximum absolute atomic E-state index is 13.0. The van der Waals surface area contributed by atoms with Gasteiger partial charge in [0.25, 0.3) is 0 Å². The highest BCUT2D eigenvalue weighted by atomic mass is 16.5. The number of para-hydroxylation sites is 1. The zero-order valence-electron chi connectivity index (χ0n) is 20.0. The van der Waals surface area contributed by atoms with E-state index in [4.69, 9.17) is 9.47 Å². The fourth-order valence-electron chi connectivity index (χ4n) is 4.39. The van der Waals surface area contributed by atoms with Crippen molar-refractivity contribution in [3.8, 4) is 11.5 Å². The number of carbonyl (C=O) groups excluding carboxylic acids is 1. The maximum Gasteiger partial charge on any atom is 0.329 e. The number of nitrogens with zero attached hydrogens (tertiary/aromatic N) is 1. The average molecular weight is 495 g/mol. The van der Waals surface area contributed by atoms with E-state index in [9.17, 15) is 14.7 Å². The van der Waals surface area contributed by atoms with E-state index < -0.39 is 24.1 Å². The van der Waals surface area contributed by atoms with Gasteiger partial charge in [-0.3, -0.25) is 4.90 Å². The van der Waals surface area contributed by atoms with Crippen molar-refractivity contribution < 1.29 is 24.2 Å². The number of anilines is 1. The van der Waals surface area contributed by atoms with Gasteiger partial charge in [-0.25, -0.2) is 9.59 Å². The zero-order chi connectivity index (χ0) is 25.6. The van der Waals surface area contributed by atoms with Gasteiger partial charge >= 0.3 is 12.0 Å². The summed E-state index contributed by atoms with van der Waals surface area (Å²) in [4.78, 5) is 26.7. The van der Waals surface area contributed by atoms with E-state index in [1.807, 2.05) is 66.7 Å². The molecule has 0 radical (unpaired) electrons. The lowest BCUT2D eigenvalue weighted by atomic mass is 9.98. The number of carbonyl (C=O) groups is 2. The number of urea groups is 1. The number of benzene rings is 4. The Labute approximate surface area is 214 Å². The smallest absolute Gasteiger partial charge is 0.329 e. The first-order valence-corrected chi connectivity index (χ1v) is 11.9. The van der Waals surface area contributed by atoms with Gasteiger partial charge in [0, 0.05) is 17.3 Å². The van der Waals surface area contributed by atoms with E-state index in [-0.39, 0.29) is 6.61 Å². The normalized spacial score (nSPS) is 16.8. The molecule has 1 aliphatic heterocycles. The van der Waals surface area contributed by atoms with Crippen LogP contribution in [0.5, 0.6) is 11.5 Å². The summed E-state index contributed by atoms with van der Waals surface area (Å²) in [7, 11) is 0. The molecule has 5 rings (SSSR count). The molecule has 2 N–H and O–H groups in total. The highest BCUT2D eigenvalue weighted by Crippen LogP contribution is 2.38. The maximum atomic E-state index is 13.0. The monoisotopic (exact) mass is 494 g/mol. The number of aliphatic carboxylic acids is 1. The van der Waals surface area contributed by atoms with Gasteiger partial charge in [0.15, 0.2) is 6.04 Å². The third-order valence-electron chi connectivity index (χ3n) is 6.18. The quantitative estimate of drug-likeness (QED) is 0.318. The molecule has 0 bridgehead atoms. The van der Waals surface area contributed by atoms with Crippen LogP contribution in [0.25, 0.3) is 0 Å². The molecule has 37 heavy (non-hydrogen) atoms. The third kappa shape index (κ3) is 5.41. The molecule has 0 spiro atoms. The summed E-state index contributed by atoms with van der Waals surface area (Å²) < 4.78 is 12.2. The number of carboxylic acids is 1. The third-order valence-corrected chi connectivity index (χ3v) is 6.18. The Morgan fingerprint density at radius 1 is 0.784 bits per heavy atom. The lowest BCUT2D eigenvalue weighted by molar-refractivity contribution is -0.138. The van der Waals surface area contributed by atoms with Gasteiger partial charge in [0.1, 0.15) is 24.7 Å². The highest BCUT2D eigenvalue weighted by molar-refractivity contribution is 6.02. The van der Waals surface area contributed by atoms with Crippen molar-refractivity contribution >= 4 is 17.7 Å². The van der Waals surface area contributed by atoms with Crippen LogP contribution < -0.4 is 19.7 Å². The summed E-state index contributed by atoms with van der Waals surface area (Å²) in [6.45, 7) is 0.648. The molecule has 0 aliphatic carbocycles. The second-order valence-corrected chi connectivity index (χ2v) is 8.66. The molecular weight excluding hydrogens is 468 g/mol. The fraction of sp³-hybridized carbons (Fsp3) is 0.133. The molecule has 4 aromatic rings. The zero-order valence-corrected chi connectivity index (χ0v) is 20.0. The largest absolute Gasteiger partial charge is 0.489 e. The van der Waals surface area contributed by atoms with E-state index in [1.165, 1.54) is 4.90 Å². The molecule has 2 atom stereocenters. The van der Waals surface area contributed by atoms with Crippen molar-refractivity contribution in [1.82, 2.24) is 5.32 Å². The van der Waals surface area contributed by atoms with Crippen molar-refractivity contribution in [3.63, 3.8) is 0 Å². The molecule has 7 heteroatoms. The van der Waals surface area contributed by atoms with Crippen molar-refractivity contribution in [2.45, 2.75) is 25.3 Å². The summed E-state index contributed by atoms with van der Waals surface area (Å²) in [5.41, 5.74) is 3.04. The Bertz CT molecular complexity index is 1360. The lowest BCUT2D eigenvalue weighted by Gasteiger charge is -2.24. The second-order valence-electron chi connectivity index (χ2n) is 8.66. The Balaban J connectivity index is 1.47. The van der Waals surface area contributed by atoms with Crippen LogP contribution in [0.1, 0.15) is 22.7 Å². The van der Waals surface area contributed by atoms with E-state index in [0.717, 1.165) is 11.1 Å². The summed E-state index contributed by atoms with van der Waals surface area (Å²) >= 11 is 0. The second kappa shape index (κ2) is 10.9. The van der Waals surface area contributed by atoms with E-state index in [1.54, 1.807) is 42.5 Å². The molecular formula is C30H26N2O5. The molecule has 7 nitrogen and oxygen atoms in total. The minimum atomic E-state index is -1.16. The van der Waals surface area contributed by atoms with Crippen LogP contribution in [0.15, 0.2) is 109 Å². The van der Waals surface area contributed by atoms with Gasteiger partial charge in [-0.1, -0.05) is 78.9 Å². The molecule has 1 saturated heterocycles. The molecule has 2 amide bonds. The predicted molar refractivity (Wildman–Crippen MR) is 140 cm³/mol. The summed E-state index contributed by atoms with van der Waals surface area (Å²) in [5.74, 6) is -0.0988. The topological polar surface area (TPSA) is 88.1 Å². The first-order valence-electron chi connectivity index (χ1n) is 11.9. The minimum Gasteiger partial charge on any atom is -0.489 e. The molecule has 1 aliphatic rings. The number of hydrogen-bond acceptors (Lipinski definition) is 4. The molecule has 186 valence electrons. The molecule has 0 unspecified atom stereocenters. The highest BCUT2D eigenvalue weighted by Gasteiger charge is 2.46. The van der Waals surface area contributed by atoms with Crippen LogP contribution in [0.2, 0.25) is 0 Å². The standard InChI is InChI=1S/C30H26N2O5/c33-29(34)28-27(31-30(35)32(28)23-14-8-3-9-15-23)25-17-16-24(36-19-21-10-4-1-5-11-21)18-26(25)37-20-22-12-6-2-7-13-22/h1-18,27-28H,19-20H2,(H,31,35)(H,33,34)/t27-,28-/m1/s1. The number of hydrogen-bond donors (Lipinski definition) is 2. The van der Waals surface area contributed by atoms with Crippen LogP contribution in [0.4, 0.5) is 10.5 Å². The molecule has 4 aromatic carbocycles. The van der Waals surface area contributed by atoms with Crippen molar-refractivity contribution in [3.05, 3.63) is 126 Å². The van der Waals surface area contributed by atoms with Crippen LogP contribution in [0.3, 0.4) is 0 Å². The SMILES string of the molecule is O=C(O)[C@H]1[C@@H](c2ccc(OCc3ccccc3)cc2OCc2ccccc2)NC(=O)N1c1ccccc1. The Morgan fingerprint density at radius 3 is 1.95 bits per heavy atom. The van der Waals surface area contributed by atoms with Gasteiger partial charge in [-0.05, 0) is 35.4 Å². The Morgan fingerprint density at radius 2 is 1.35 bits per heavy atom. The van der Waals surface area contributed by atoms with Gasteiger partial charge in [0.2, 0.25) is 0 Å². The number of ether oxygens (including phenoxy) is 2. The van der Waals surface area contributed by atoms with Crippen LogP contribution in [-0.4, -0.2) is 23.1 Å². The average Bonchev–Trinajstić information content (AvgIpc) is 3.29. The van der Waals surface area contributed by atoms with Crippen molar-refractivity contribution in [2.75, 3.05) is 4.90 Å². The van der Waals surface area contributed by atoms with Crippen LogP contribution in [-0.2, 0) is 18.0 Å². The van der Waals surface area contributed by atoms with E-state index in [0.29, 0.717) is 29.4 Å². The lowest BCUT2D eigenvalue weighted by Crippen LogP contribution is -2.40. The molecule has 0 saturated carbocycles. The van der Waals surface area contributed by atoms with E-state index >= 15 is 0 Å². The van der Waals surface area contributed by atoms with Crippen LogP contribution in [0, 0.1) is 0 Å². The van der Waals surface area contributed by atoms with Gasteiger partial charge in [-0.15, -0.1) is 0 Å². The van der Waals surface area contributed by atoms with Crippen LogP contribution >= 0.6 is 0 Å². The summed E-state index contributed by atoms with van der Waals surface area (Å²) in [5, 5.41) is 13.0. The number of nitrogens with one attached hydrogen (secondary N) is 1. The Hall–Kier alpha value is -4.78. The van der Waals surface area contributed by atoms with E-state index in [2.05, 4.69) is 5.32 Å². The fourth-order valence-corrected chi connectivity index (χ4v) is 4.39. The first kappa shape index (κ1) is 23.9. The summed E-state index contributed by atoms with van der Waals surface area (Å²) in [6.07, 6.45) is 0. The Kier molecular flexibility index (Phi) is 7.03. The minimum absolute atomic E-state index is 0.275. The molecule has 0 aromatic heterocycles. The predicted octanol–water partition coefficient (Wildman–Crippen LogP) is 5.57. The summed E-state index contributed by atoms with van der Waals surface area (Å²) in [6, 6.07) is 31.0. The first-order chi connectivity index (χ1) is 18.1. The number of amides is 2. The van der Waals surface area contributed by atoms with Gasteiger partial charge in [0.05, 0.1) is 6.04 Å². The number of rotatable bonds is 9. The van der Waals surface area contributed by atoms with Gasteiger partial charge in [-0.2, -0.15) is 0 Å².